The van der Waals surface area contributed by atoms with Crippen LogP contribution in [0.5, 0.6) is 5.75 Å². The summed E-state index contributed by atoms with van der Waals surface area (Å²) in [6, 6.07) is 2.41. The van der Waals surface area contributed by atoms with Crippen LogP contribution >= 0.6 is 11.6 Å². The average molecular weight is 618 g/mol. The first-order valence-electron chi connectivity index (χ1n) is 13.6. The largest absolute Gasteiger partial charge is 0.494 e. The molecule has 1 fully saturated rings. The lowest BCUT2D eigenvalue weighted by atomic mass is 9.85. The van der Waals surface area contributed by atoms with Gasteiger partial charge in [-0.1, -0.05) is 32.4 Å². The summed E-state index contributed by atoms with van der Waals surface area (Å²) < 4.78 is 34.2. The molecule has 2 aromatic carbocycles. The molecule has 2 heterocycles. The summed E-state index contributed by atoms with van der Waals surface area (Å²) in [5.74, 6) is -3.55. The van der Waals surface area contributed by atoms with Crippen LogP contribution in [0.2, 0.25) is 5.02 Å². The Balaban J connectivity index is 1.90. The molecule has 5 N–H and O–H groups in total. The van der Waals surface area contributed by atoms with Gasteiger partial charge in [-0.15, -0.1) is 0 Å². The molecular formula is C29H34ClF2N7O4. The molecule has 0 bridgehead atoms. The predicted octanol–water partition coefficient (Wildman–Crippen LogP) is 3.80. The third-order valence-corrected chi connectivity index (χ3v) is 7.42. The topological polar surface area (TPSA) is 152 Å². The van der Waals surface area contributed by atoms with Crippen molar-refractivity contribution in [2.75, 3.05) is 23.9 Å². The average Bonchev–Trinajstić information content (AvgIpc) is 3.50. The molecule has 1 aliphatic heterocycles. The highest BCUT2D eigenvalue weighted by Gasteiger charge is 2.42. The standard InChI is InChI=1S/C29H34ClF2N7O4/c1-14(33)26(40)38-24(29(2,3)4)28(42)39(27(41)18-7-6-10-34-18)20-11-15-19(12-21(20)43-5)35-13-36-25(15)37-17-9-8-16(31)22(30)23(17)32/h8-9,11-14,18,24,34H,6-7,10,33H2,1-5H3,(H,38,40)(H,35,36,37)/t14-,18-,24+/m0/s1. The number of hydrogen-bond acceptors (Lipinski definition) is 9. The van der Waals surface area contributed by atoms with Gasteiger partial charge in [0, 0.05) is 11.5 Å². The van der Waals surface area contributed by atoms with Gasteiger partial charge < -0.3 is 26.4 Å². The number of amides is 3. The molecule has 4 rings (SSSR count). The van der Waals surface area contributed by atoms with E-state index in [0.717, 1.165) is 23.5 Å². The smallest absolute Gasteiger partial charge is 0.257 e. The Labute approximate surface area is 252 Å². The van der Waals surface area contributed by atoms with Crippen molar-refractivity contribution in [3.8, 4) is 5.75 Å². The van der Waals surface area contributed by atoms with E-state index < -0.39 is 57.9 Å². The van der Waals surface area contributed by atoms with Crippen LogP contribution in [0.3, 0.4) is 0 Å². The fraction of sp³-hybridized carbons (Fsp3) is 0.414. The first kappa shape index (κ1) is 32.0. The maximum Gasteiger partial charge on any atom is 0.257 e. The van der Waals surface area contributed by atoms with Crippen LogP contribution in [0, 0.1) is 17.0 Å². The monoisotopic (exact) mass is 617 g/mol. The quantitative estimate of drug-likeness (QED) is 0.277. The second-order valence-electron chi connectivity index (χ2n) is 11.4. The Kier molecular flexibility index (Phi) is 9.47. The molecule has 1 saturated heterocycles. The number of nitrogens with zero attached hydrogens (tertiary/aromatic N) is 3. The van der Waals surface area contributed by atoms with E-state index in [1.54, 1.807) is 20.8 Å². The number of nitrogens with one attached hydrogen (secondary N) is 3. The molecule has 14 heteroatoms. The van der Waals surface area contributed by atoms with Crippen LogP contribution in [-0.2, 0) is 14.4 Å². The number of methoxy groups -OCH3 is 1. The fourth-order valence-corrected chi connectivity index (χ4v) is 4.87. The number of carbonyl (C=O) groups excluding carboxylic acids is 3. The van der Waals surface area contributed by atoms with Crippen LogP contribution in [0.15, 0.2) is 30.6 Å². The molecule has 3 atom stereocenters. The minimum atomic E-state index is -1.16. The van der Waals surface area contributed by atoms with Crippen molar-refractivity contribution < 1.29 is 27.9 Å². The Morgan fingerprint density at radius 2 is 1.93 bits per heavy atom. The van der Waals surface area contributed by atoms with E-state index in [9.17, 15) is 23.2 Å². The SMILES string of the molecule is COc1cc2ncnc(Nc3ccc(F)c(Cl)c3F)c2cc1N(C(=O)[C@@H]1CCCN1)C(=O)[C@@H](NC(=O)[C@H](C)N)C(C)(C)C. The fourth-order valence-electron chi connectivity index (χ4n) is 4.71. The van der Waals surface area contributed by atoms with Crippen molar-refractivity contribution in [3.63, 3.8) is 0 Å². The van der Waals surface area contributed by atoms with Gasteiger partial charge in [-0.3, -0.25) is 14.4 Å². The molecular weight excluding hydrogens is 584 g/mol. The van der Waals surface area contributed by atoms with E-state index in [2.05, 4.69) is 25.9 Å². The number of anilines is 3. The van der Waals surface area contributed by atoms with Crippen molar-refractivity contribution in [1.29, 1.82) is 0 Å². The summed E-state index contributed by atoms with van der Waals surface area (Å²) in [6.07, 6.45) is 2.44. The number of imide groups is 1. The van der Waals surface area contributed by atoms with Crippen LogP contribution in [-0.4, -0.2) is 59.5 Å². The van der Waals surface area contributed by atoms with Gasteiger partial charge in [0.2, 0.25) is 5.91 Å². The highest BCUT2D eigenvalue weighted by atomic mass is 35.5. The molecule has 0 saturated carbocycles. The van der Waals surface area contributed by atoms with Crippen molar-refractivity contribution in [1.82, 2.24) is 20.6 Å². The summed E-state index contributed by atoms with van der Waals surface area (Å²) >= 11 is 5.76. The van der Waals surface area contributed by atoms with Crippen molar-refractivity contribution in [2.24, 2.45) is 11.1 Å². The van der Waals surface area contributed by atoms with Crippen LogP contribution in [0.4, 0.5) is 26.0 Å². The van der Waals surface area contributed by atoms with E-state index in [-0.39, 0.29) is 28.3 Å². The summed E-state index contributed by atoms with van der Waals surface area (Å²) in [5, 5.41) is 8.20. The number of fused-ring (bicyclic) bond motifs is 1. The molecule has 11 nitrogen and oxygen atoms in total. The number of ether oxygens (including phenoxy) is 1. The first-order chi connectivity index (χ1) is 20.2. The predicted molar refractivity (Wildman–Crippen MR) is 159 cm³/mol. The maximum atomic E-state index is 14.8. The van der Waals surface area contributed by atoms with E-state index in [1.165, 1.54) is 32.5 Å². The lowest BCUT2D eigenvalue weighted by Gasteiger charge is -2.35. The number of nitrogens with two attached hydrogens (primary N) is 1. The Morgan fingerprint density at radius 3 is 2.53 bits per heavy atom. The highest BCUT2D eigenvalue weighted by molar-refractivity contribution is 6.31. The summed E-state index contributed by atoms with van der Waals surface area (Å²) in [6.45, 7) is 7.34. The number of aromatic nitrogens is 2. The molecule has 0 unspecified atom stereocenters. The van der Waals surface area contributed by atoms with Gasteiger partial charge in [-0.25, -0.2) is 23.6 Å². The van der Waals surface area contributed by atoms with Crippen molar-refractivity contribution in [3.05, 3.63) is 47.2 Å². The van der Waals surface area contributed by atoms with E-state index in [1.807, 2.05) is 0 Å². The number of carbonyl (C=O) groups is 3. The molecule has 3 amide bonds. The van der Waals surface area contributed by atoms with Gasteiger partial charge in [0.15, 0.2) is 5.82 Å². The molecule has 43 heavy (non-hydrogen) atoms. The second-order valence-corrected chi connectivity index (χ2v) is 11.7. The third-order valence-electron chi connectivity index (χ3n) is 7.08. The Hall–Kier alpha value is -3.94. The van der Waals surface area contributed by atoms with Crippen LogP contribution < -0.4 is 31.3 Å². The minimum absolute atomic E-state index is 0.0541. The van der Waals surface area contributed by atoms with E-state index in [4.69, 9.17) is 22.1 Å². The molecule has 230 valence electrons. The zero-order valence-corrected chi connectivity index (χ0v) is 25.2. The normalized spacial score (nSPS) is 16.4. The third kappa shape index (κ3) is 6.68. The van der Waals surface area contributed by atoms with Crippen LogP contribution in [0.25, 0.3) is 10.9 Å². The molecule has 0 spiro atoms. The zero-order chi connectivity index (χ0) is 31.6. The highest BCUT2D eigenvalue weighted by Crippen LogP contribution is 2.38. The second kappa shape index (κ2) is 12.7. The maximum absolute atomic E-state index is 14.8. The molecule has 3 aromatic rings. The summed E-state index contributed by atoms with van der Waals surface area (Å²) in [4.78, 5) is 50.5. The zero-order valence-electron chi connectivity index (χ0n) is 24.4. The first-order valence-corrected chi connectivity index (χ1v) is 14.0. The van der Waals surface area contributed by atoms with Gasteiger partial charge in [-0.05, 0) is 49.9 Å². The van der Waals surface area contributed by atoms with Gasteiger partial charge in [0.1, 0.15) is 34.8 Å². The van der Waals surface area contributed by atoms with Crippen LogP contribution in [0.1, 0.15) is 40.5 Å². The Bertz CT molecular complexity index is 1560. The molecule has 0 radical (unpaired) electrons. The molecule has 0 aliphatic carbocycles. The Morgan fingerprint density at radius 1 is 1.21 bits per heavy atom. The summed E-state index contributed by atoms with van der Waals surface area (Å²) in [7, 11) is 1.38. The van der Waals surface area contributed by atoms with Gasteiger partial charge in [0.05, 0.1) is 36.1 Å². The number of benzene rings is 2. The van der Waals surface area contributed by atoms with Crippen molar-refractivity contribution in [2.45, 2.75) is 58.7 Å². The van der Waals surface area contributed by atoms with Crippen molar-refractivity contribution >= 4 is 57.4 Å². The number of hydrogen-bond donors (Lipinski definition) is 4. The molecule has 1 aliphatic rings. The summed E-state index contributed by atoms with van der Waals surface area (Å²) in [5.41, 5.74) is 5.18. The van der Waals surface area contributed by atoms with E-state index in [0.29, 0.717) is 18.5 Å². The number of halogens is 3. The van der Waals surface area contributed by atoms with Gasteiger partial charge >= 0.3 is 0 Å². The lowest BCUT2D eigenvalue weighted by Crippen LogP contribution is -2.60. The molecule has 1 aromatic heterocycles. The number of rotatable bonds is 8. The lowest BCUT2D eigenvalue weighted by molar-refractivity contribution is -0.134. The van der Waals surface area contributed by atoms with E-state index >= 15 is 0 Å². The minimum Gasteiger partial charge on any atom is -0.494 e. The van der Waals surface area contributed by atoms with Gasteiger partial charge in [-0.2, -0.15) is 0 Å². The van der Waals surface area contributed by atoms with Gasteiger partial charge in [0.25, 0.3) is 11.8 Å².